The standard InChI is InChI=1S/C16H25N3O.ClH/c1-13-3-4-14(2)15(11-13)12-16(20)18-7-10-19-8-5-17-6-9-19;/h3-4,11,17H,5-10,12H2,1-2H3,(H,18,20);1H. The number of nitrogens with one attached hydrogen (secondary N) is 2. The number of carbonyl (C=O) groups is 1. The maximum Gasteiger partial charge on any atom is 0.224 e. The van der Waals surface area contributed by atoms with E-state index in [1.807, 2.05) is 0 Å². The smallest absolute Gasteiger partial charge is 0.224 e. The van der Waals surface area contributed by atoms with E-state index in [0.29, 0.717) is 6.42 Å². The summed E-state index contributed by atoms with van der Waals surface area (Å²) in [7, 11) is 0. The number of nitrogens with zero attached hydrogens (tertiary/aromatic N) is 1. The molecular formula is C16H26ClN3O. The van der Waals surface area contributed by atoms with Crippen LogP contribution in [-0.4, -0.2) is 50.1 Å². The second-order valence-corrected chi connectivity index (χ2v) is 5.55. The Morgan fingerprint density at radius 2 is 2.00 bits per heavy atom. The van der Waals surface area contributed by atoms with Crippen molar-refractivity contribution < 1.29 is 4.79 Å². The monoisotopic (exact) mass is 311 g/mol. The summed E-state index contributed by atoms with van der Waals surface area (Å²) in [6.07, 6.45) is 0.481. The summed E-state index contributed by atoms with van der Waals surface area (Å²) in [5.41, 5.74) is 3.52. The first-order valence-corrected chi connectivity index (χ1v) is 7.41. The molecule has 0 radical (unpaired) electrons. The molecule has 5 heteroatoms. The summed E-state index contributed by atoms with van der Waals surface area (Å²) in [4.78, 5) is 14.4. The van der Waals surface area contributed by atoms with Gasteiger partial charge < -0.3 is 10.6 Å². The molecule has 1 aliphatic rings. The van der Waals surface area contributed by atoms with Crippen LogP contribution >= 0.6 is 12.4 Å². The van der Waals surface area contributed by atoms with Gasteiger partial charge in [-0.1, -0.05) is 23.8 Å². The molecule has 2 N–H and O–H groups in total. The molecule has 1 aliphatic heterocycles. The summed E-state index contributed by atoms with van der Waals surface area (Å²) in [5, 5.41) is 6.35. The third-order valence-corrected chi connectivity index (χ3v) is 3.82. The van der Waals surface area contributed by atoms with E-state index >= 15 is 0 Å². The Kier molecular flexibility index (Phi) is 7.72. The molecule has 1 amide bonds. The van der Waals surface area contributed by atoms with Crippen molar-refractivity contribution in [1.82, 2.24) is 15.5 Å². The lowest BCUT2D eigenvalue weighted by Gasteiger charge is -2.27. The number of halogens is 1. The van der Waals surface area contributed by atoms with E-state index in [2.05, 4.69) is 47.6 Å². The fourth-order valence-electron chi connectivity index (χ4n) is 2.51. The van der Waals surface area contributed by atoms with Crippen molar-refractivity contribution in [1.29, 1.82) is 0 Å². The van der Waals surface area contributed by atoms with Gasteiger partial charge in [0.25, 0.3) is 0 Å². The predicted octanol–water partition coefficient (Wildman–Crippen LogP) is 1.29. The molecular weight excluding hydrogens is 286 g/mol. The maximum atomic E-state index is 12.0. The number of benzene rings is 1. The van der Waals surface area contributed by atoms with Crippen LogP contribution in [0.1, 0.15) is 16.7 Å². The Morgan fingerprint density at radius 1 is 1.29 bits per heavy atom. The lowest BCUT2D eigenvalue weighted by atomic mass is 10.0. The number of hydrogen-bond donors (Lipinski definition) is 2. The predicted molar refractivity (Wildman–Crippen MR) is 89.2 cm³/mol. The van der Waals surface area contributed by atoms with E-state index in [-0.39, 0.29) is 18.3 Å². The van der Waals surface area contributed by atoms with E-state index in [4.69, 9.17) is 0 Å². The van der Waals surface area contributed by atoms with Gasteiger partial charge in [0, 0.05) is 39.3 Å². The van der Waals surface area contributed by atoms with Crippen LogP contribution in [-0.2, 0) is 11.2 Å². The fourth-order valence-corrected chi connectivity index (χ4v) is 2.51. The van der Waals surface area contributed by atoms with Gasteiger partial charge in [-0.15, -0.1) is 12.4 Å². The van der Waals surface area contributed by atoms with Gasteiger partial charge >= 0.3 is 0 Å². The van der Waals surface area contributed by atoms with Crippen LogP contribution in [0, 0.1) is 13.8 Å². The van der Waals surface area contributed by atoms with Crippen LogP contribution < -0.4 is 10.6 Å². The van der Waals surface area contributed by atoms with Gasteiger partial charge in [0.15, 0.2) is 0 Å². The maximum absolute atomic E-state index is 12.0. The molecule has 4 nitrogen and oxygen atoms in total. The quantitative estimate of drug-likeness (QED) is 0.861. The Balaban J connectivity index is 0.00000220. The number of rotatable bonds is 5. The van der Waals surface area contributed by atoms with E-state index < -0.39 is 0 Å². The minimum absolute atomic E-state index is 0. The molecule has 1 aromatic rings. The SMILES string of the molecule is Cc1ccc(C)c(CC(=O)NCCN2CCNCC2)c1.Cl. The first-order chi connectivity index (χ1) is 9.65. The van der Waals surface area contributed by atoms with E-state index in [1.54, 1.807) is 0 Å². The van der Waals surface area contributed by atoms with Gasteiger partial charge in [-0.3, -0.25) is 9.69 Å². The Hall–Kier alpha value is -1.10. The molecule has 1 saturated heterocycles. The molecule has 0 unspecified atom stereocenters. The highest BCUT2D eigenvalue weighted by Crippen LogP contribution is 2.11. The lowest BCUT2D eigenvalue weighted by molar-refractivity contribution is -0.120. The van der Waals surface area contributed by atoms with Gasteiger partial charge in [0.05, 0.1) is 6.42 Å². The molecule has 118 valence electrons. The topological polar surface area (TPSA) is 44.4 Å². The number of carbonyl (C=O) groups excluding carboxylic acids is 1. The van der Waals surface area contributed by atoms with Gasteiger partial charge in [0.1, 0.15) is 0 Å². The first-order valence-electron chi connectivity index (χ1n) is 7.41. The molecule has 0 spiro atoms. The average molecular weight is 312 g/mol. The Morgan fingerprint density at radius 3 is 2.71 bits per heavy atom. The van der Waals surface area contributed by atoms with E-state index in [0.717, 1.165) is 44.8 Å². The highest BCUT2D eigenvalue weighted by atomic mass is 35.5. The second kappa shape index (κ2) is 9.03. The molecule has 1 heterocycles. The summed E-state index contributed by atoms with van der Waals surface area (Å²) >= 11 is 0. The van der Waals surface area contributed by atoms with Gasteiger partial charge in [-0.2, -0.15) is 0 Å². The molecule has 1 aromatic carbocycles. The van der Waals surface area contributed by atoms with Gasteiger partial charge in [0.2, 0.25) is 5.91 Å². The molecule has 0 atom stereocenters. The second-order valence-electron chi connectivity index (χ2n) is 5.55. The highest BCUT2D eigenvalue weighted by molar-refractivity contribution is 5.85. The zero-order valence-electron chi connectivity index (χ0n) is 12.9. The van der Waals surface area contributed by atoms with Gasteiger partial charge in [-0.05, 0) is 25.0 Å². The van der Waals surface area contributed by atoms with Crippen molar-refractivity contribution in [3.63, 3.8) is 0 Å². The third kappa shape index (κ3) is 6.04. The zero-order valence-corrected chi connectivity index (χ0v) is 13.8. The zero-order chi connectivity index (χ0) is 14.4. The minimum Gasteiger partial charge on any atom is -0.355 e. The Bertz CT molecular complexity index is 459. The van der Waals surface area contributed by atoms with Crippen LogP contribution in [0.2, 0.25) is 0 Å². The number of piperazine rings is 1. The van der Waals surface area contributed by atoms with Crippen molar-refractivity contribution in [2.45, 2.75) is 20.3 Å². The lowest BCUT2D eigenvalue weighted by Crippen LogP contribution is -2.46. The summed E-state index contributed by atoms with van der Waals surface area (Å²) in [6, 6.07) is 6.27. The number of amides is 1. The molecule has 21 heavy (non-hydrogen) atoms. The molecule has 0 bridgehead atoms. The van der Waals surface area contributed by atoms with E-state index in [1.165, 1.54) is 11.1 Å². The molecule has 0 aliphatic carbocycles. The Labute approximate surface area is 133 Å². The van der Waals surface area contributed by atoms with Gasteiger partial charge in [-0.25, -0.2) is 0 Å². The minimum atomic E-state index is 0. The van der Waals surface area contributed by atoms with Crippen LogP contribution in [0.4, 0.5) is 0 Å². The van der Waals surface area contributed by atoms with Crippen molar-refractivity contribution in [2.24, 2.45) is 0 Å². The highest BCUT2D eigenvalue weighted by Gasteiger charge is 2.10. The summed E-state index contributed by atoms with van der Waals surface area (Å²) < 4.78 is 0. The average Bonchev–Trinajstić information content (AvgIpc) is 2.44. The number of hydrogen-bond acceptors (Lipinski definition) is 3. The van der Waals surface area contributed by atoms with Crippen molar-refractivity contribution in [3.05, 3.63) is 34.9 Å². The molecule has 1 fully saturated rings. The third-order valence-electron chi connectivity index (χ3n) is 3.82. The van der Waals surface area contributed by atoms with Crippen molar-refractivity contribution in [3.8, 4) is 0 Å². The largest absolute Gasteiger partial charge is 0.355 e. The van der Waals surface area contributed by atoms with Crippen LogP contribution in [0.5, 0.6) is 0 Å². The van der Waals surface area contributed by atoms with Crippen LogP contribution in [0.15, 0.2) is 18.2 Å². The van der Waals surface area contributed by atoms with Crippen molar-refractivity contribution >= 4 is 18.3 Å². The molecule has 0 saturated carbocycles. The summed E-state index contributed by atoms with van der Waals surface area (Å²) in [6.45, 7) is 10.1. The fraction of sp³-hybridized carbons (Fsp3) is 0.562. The number of aryl methyl sites for hydroxylation is 2. The van der Waals surface area contributed by atoms with Crippen LogP contribution in [0.25, 0.3) is 0 Å². The van der Waals surface area contributed by atoms with E-state index in [9.17, 15) is 4.79 Å². The summed E-state index contributed by atoms with van der Waals surface area (Å²) in [5.74, 6) is 0.119. The normalized spacial score (nSPS) is 15.3. The van der Waals surface area contributed by atoms with Crippen LogP contribution in [0.3, 0.4) is 0 Å². The first kappa shape index (κ1) is 18.0. The molecule has 2 rings (SSSR count). The van der Waals surface area contributed by atoms with Crippen molar-refractivity contribution in [2.75, 3.05) is 39.3 Å². The molecule has 0 aromatic heterocycles.